The molecule has 4 nitrogen and oxygen atoms in total. The molecule has 0 radical (unpaired) electrons. The van der Waals surface area contributed by atoms with Gasteiger partial charge < -0.3 is 4.74 Å². The van der Waals surface area contributed by atoms with Crippen molar-refractivity contribution in [1.29, 1.82) is 0 Å². The van der Waals surface area contributed by atoms with E-state index in [1.54, 1.807) is 26.2 Å². The second kappa shape index (κ2) is 7.27. The summed E-state index contributed by atoms with van der Waals surface area (Å²) in [5.41, 5.74) is 1.61. The fourth-order valence-electron chi connectivity index (χ4n) is 2.42. The first-order chi connectivity index (χ1) is 9.72. The standard InChI is InChI=1S/C16H27NO3S/c1-7-8-13(5)17-21(18,19)16-10-14(11(2)3)15(20-6)9-12(16)4/h9-11,13,17H,7-8H2,1-6H3/t13-/m1/s1. The number of methoxy groups -OCH3 is 1. The van der Waals surface area contributed by atoms with E-state index in [-0.39, 0.29) is 12.0 Å². The largest absolute Gasteiger partial charge is 0.496 e. The molecule has 0 unspecified atom stereocenters. The van der Waals surface area contributed by atoms with Crippen molar-refractivity contribution in [2.24, 2.45) is 0 Å². The van der Waals surface area contributed by atoms with E-state index in [9.17, 15) is 8.42 Å². The molecular weight excluding hydrogens is 286 g/mol. The topological polar surface area (TPSA) is 55.4 Å². The number of rotatable bonds is 7. The molecule has 0 bridgehead atoms. The van der Waals surface area contributed by atoms with Gasteiger partial charge in [0.25, 0.3) is 0 Å². The zero-order valence-electron chi connectivity index (χ0n) is 13.9. The lowest BCUT2D eigenvalue weighted by Gasteiger charge is -2.18. The summed E-state index contributed by atoms with van der Waals surface area (Å²) in [5.74, 6) is 0.936. The van der Waals surface area contributed by atoms with Gasteiger partial charge in [-0.3, -0.25) is 0 Å². The Labute approximate surface area is 129 Å². The minimum Gasteiger partial charge on any atom is -0.496 e. The van der Waals surface area contributed by atoms with E-state index in [1.165, 1.54) is 0 Å². The highest BCUT2D eigenvalue weighted by molar-refractivity contribution is 7.89. The fraction of sp³-hybridized carbons (Fsp3) is 0.625. The molecule has 5 heteroatoms. The Kier molecular flexibility index (Phi) is 6.23. The first kappa shape index (κ1) is 18.0. The second-order valence-electron chi connectivity index (χ2n) is 5.83. The summed E-state index contributed by atoms with van der Waals surface area (Å²) in [6.45, 7) is 9.78. The second-order valence-corrected chi connectivity index (χ2v) is 7.51. The molecule has 1 aromatic rings. The van der Waals surface area contributed by atoms with E-state index in [4.69, 9.17) is 4.74 Å². The van der Waals surface area contributed by atoms with Gasteiger partial charge in [-0.15, -0.1) is 0 Å². The van der Waals surface area contributed by atoms with Crippen LogP contribution in [0, 0.1) is 6.92 Å². The number of hydrogen-bond donors (Lipinski definition) is 1. The predicted molar refractivity (Wildman–Crippen MR) is 86.5 cm³/mol. The number of aryl methyl sites for hydroxylation is 1. The smallest absolute Gasteiger partial charge is 0.241 e. The predicted octanol–water partition coefficient (Wildman–Crippen LogP) is 3.59. The summed E-state index contributed by atoms with van der Waals surface area (Å²) in [6, 6.07) is 3.47. The molecule has 1 atom stereocenters. The molecule has 0 aliphatic heterocycles. The van der Waals surface area contributed by atoms with Gasteiger partial charge in [-0.05, 0) is 49.4 Å². The molecule has 1 aromatic carbocycles. The van der Waals surface area contributed by atoms with Crippen LogP contribution in [0.15, 0.2) is 17.0 Å². The van der Waals surface area contributed by atoms with Crippen molar-refractivity contribution < 1.29 is 13.2 Å². The van der Waals surface area contributed by atoms with Gasteiger partial charge in [0.2, 0.25) is 10.0 Å². The third-order valence-electron chi connectivity index (χ3n) is 3.52. The zero-order chi connectivity index (χ0) is 16.2. The Morgan fingerprint density at radius 1 is 1.24 bits per heavy atom. The Bertz CT molecular complexity index is 579. The Balaban J connectivity index is 3.26. The minimum absolute atomic E-state index is 0.0657. The Morgan fingerprint density at radius 3 is 2.33 bits per heavy atom. The highest BCUT2D eigenvalue weighted by Crippen LogP contribution is 2.31. The van der Waals surface area contributed by atoms with Crippen molar-refractivity contribution >= 4 is 10.0 Å². The van der Waals surface area contributed by atoms with Crippen LogP contribution in [0.5, 0.6) is 5.75 Å². The molecule has 0 aromatic heterocycles. The van der Waals surface area contributed by atoms with E-state index in [0.717, 1.165) is 24.2 Å². The van der Waals surface area contributed by atoms with E-state index >= 15 is 0 Å². The average Bonchev–Trinajstić information content (AvgIpc) is 2.37. The summed E-state index contributed by atoms with van der Waals surface area (Å²) >= 11 is 0. The van der Waals surface area contributed by atoms with Gasteiger partial charge in [0.05, 0.1) is 12.0 Å². The summed E-state index contributed by atoms with van der Waals surface area (Å²) < 4.78 is 33.2. The normalized spacial score (nSPS) is 13.5. The highest BCUT2D eigenvalue weighted by atomic mass is 32.2. The van der Waals surface area contributed by atoms with Crippen LogP contribution in [0.1, 0.15) is 57.6 Å². The summed E-state index contributed by atoms with van der Waals surface area (Å²) in [7, 11) is -1.89. The molecule has 0 saturated heterocycles. The maximum absolute atomic E-state index is 12.6. The quantitative estimate of drug-likeness (QED) is 0.837. The minimum atomic E-state index is -3.50. The van der Waals surface area contributed by atoms with Gasteiger partial charge >= 0.3 is 0 Å². The van der Waals surface area contributed by atoms with Gasteiger partial charge in [0.1, 0.15) is 5.75 Å². The first-order valence-corrected chi connectivity index (χ1v) is 8.92. The van der Waals surface area contributed by atoms with E-state index < -0.39 is 10.0 Å². The molecule has 0 amide bonds. The van der Waals surface area contributed by atoms with Gasteiger partial charge in [-0.1, -0.05) is 27.2 Å². The van der Waals surface area contributed by atoms with Crippen molar-refractivity contribution in [2.75, 3.05) is 7.11 Å². The Hall–Kier alpha value is -1.07. The lowest BCUT2D eigenvalue weighted by Crippen LogP contribution is -2.33. The SMILES string of the molecule is CCC[C@@H](C)NS(=O)(=O)c1cc(C(C)C)c(OC)cc1C. The lowest BCUT2D eigenvalue weighted by molar-refractivity contribution is 0.406. The van der Waals surface area contributed by atoms with E-state index in [0.29, 0.717) is 10.5 Å². The molecule has 21 heavy (non-hydrogen) atoms. The van der Waals surface area contributed by atoms with Crippen LogP contribution in [0.4, 0.5) is 0 Å². The lowest BCUT2D eigenvalue weighted by atomic mass is 10.0. The fourth-order valence-corrected chi connectivity index (χ4v) is 3.95. The van der Waals surface area contributed by atoms with Crippen LogP contribution >= 0.6 is 0 Å². The van der Waals surface area contributed by atoms with Crippen molar-refractivity contribution in [2.45, 2.75) is 64.3 Å². The van der Waals surface area contributed by atoms with Crippen LogP contribution in [0.2, 0.25) is 0 Å². The van der Waals surface area contributed by atoms with Crippen LogP contribution in [0.3, 0.4) is 0 Å². The average molecular weight is 313 g/mol. The third kappa shape index (κ3) is 4.45. The molecule has 0 fully saturated rings. The monoisotopic (exact) mass is 313 g/mol. The number of nitrogens with one attached hydrogen (secondary N) is 1. The van der Waals surface area contributed by atoms with Crippen LogP contribution in [0.25, 0.3) is 0 Å². The number of hydrogen-bond acceptors (Lipinski definition) is 3. The Morgan fingerprint density at radius 2 is 1.86 bits per heavy atom. The van der Waals surface area contributed by atoms with Crippen molar-refractivity contribution in [3.05, 3.63) is 23.3 Å². The molecule has 0 saturated carbocycles. The number of sulfonamides is 1. The van der Waals surface area contributed by atoms with Crippen LogP contribution in [-0.4, -0.2) is 21.6 Å². The van der Waals surface area contributed by atoms with Crippen molar-refractivity contribution in [1.82, 2.24) is 4.72 Å². The number of benzene rings is 1. The molecule has 0 heterocycles. The van der Waals surface area contributed by atoms with Crippen molar-refractivity contribution in [3.63, 3.8) is 0 Å². The summed E-state index contributed by atoms with van der Waals surface area (Å²) in [5, 5.41) is 0. The van der Waals surface area contributed by atoms with E-state index in [2.05, 4.69) is 4.72 Å². The zero-order valence-corrected chi connectivity index (χ0v) is 14.7. The highest BCUT2D eigenvalue weighted by Gasteiger charge is 2.22. The summed E-state index contributed by atoms with van der Waals surface area (Å²) in [6.07, 6.45) is 1.77. The van der Waals surface area contributed by atoms with Gasteiger partial charge in [-0.2, -0.15) is 0 Å². The maximum Gasteiger partial charge on any atom is 0.241 e. The van der Waals surface area contributed by atoms with Crippen molar-refractivity contribution in [3.8, 4) is 5.75 Å². The molecular formula is C16H27NO3S. The van der Waals surface area contributed by atoms with Gasteiger partial charge in [0.15, 0.2) is 0 Å². The third-order valence-corrected chi connectivity index (χ3v) is 5.25. The van der Waals surface area contributed by atoms with Gasteiger partial charge in [-0.25, -0.2) is 13.1 Å². The molecule has 1 N–H and O–H groups in total. The van der Waals surface area contributed by atoms with E-state index in [1.807, 2.05) is 27.7 Å². The first-order valence-electron chi connectivity index (χ1n) is 7.43. The molecule has 1 rings (SSSR count). The molecule has 0 aliphatic rings. The van der Waals surface area contributed by atoms with Gasteiger partial charge in [0, 0.05) is 6.04 Å². The summed E-state index contributed by atoms with van der Waals surface area (Å²) in [4.78, 5) is 0.343. The molecule has 0 spiro atoms. The van der Waals surface area contributed by atoms with Crippen LogP contribution in [-0.2, 0) is 10.0 Å². The molecule has 0 aliphatic carbocycles. The van der Waals surface area contributed by atoms with Crippen LogP contribution < -0.4 is 9.46 Å². The maximum atomic E-state index is 12.6. The number of ether oxygens (including phenoxy) is 1. The molecule has 120 valence electrons.